The fourth-order valence-electron chi connectivity index (χ4n) is 2.44. The monoisotopic (exact) mass is 300 g/mol. The fraction of sp³-hybridized carbons (Fsp3) is 0.944. The second kappa shape index (κ2) is 11.1. The van der Waals surface area contributed by atoms with E-state index < -0.39 is 11.7 Å². The molecule has 0 aliphatic heterocycles. The molecule has 0 fully saturated rings. The van der Waals surface area contributed by atoms with Crippen LogP contribution in [0.4, 0.5) is 0 Å². The third-order valence-corrected chi connectivity index (χ3v) is 3.65. The van der Waals surface area contributed by atoms with Crippen LogP contribution >= 0.6 is 0 Å². The maximum atomic E-state index is 12.3. The number of hydrogen-bond donors (Lipinski definition) is 1. The first-order chi connectivity index (χ1) is 9.81. The van der Waals surface area contributed by atoms with Gasteiger partial charge in [-0.25, -0.2) is 0 Å². The van der Waals surface area contributed by atoms with Crippen molar-refractivity contribution in [1.82, 2.24) is 0 Å². The highest BCUT2D eigenvalue weighted by Crippen LogP contribution is 2.23. The molecule has 0 heterocycles. The Kier molecular flexibility index (Phi) is 10.8. The van der Waals surface area contributed by atoms with Crippen LogP contribution in [-0.2, 0) is 9.53 Å². The Balaban J connectivity index is 4.44. The van der Waals surface area contributed by atoms with Crippen LogP contribution in [0.3, 0.4) is 0 Å². The number of ether oxygens (including phenoxy) is 1. The van der Waals surface area contributed by atoms with E-state index in [4.69, 9.17) is 4.74 Å². The Morgan fingerprint density at radius 3 is 2.00 bits per heavy atom. The predicted molar refractivity (Wildman–Crippen MR) is 88.2 cm³/mol. The van der Waals surface area contributed by atoms with Crippen molar-refractivity contribution in [3.8, 4) is 0 Å². The summed E-state index contributed by atoms with van der Waals surface area (Å²) in [6.07, 6.45) is 8.57. The lowest BCUT2D eigenvalue weighted by Gasteiger charge is -2.27. The van der Waals surface area contributed by atoms with Crippen LogP contribution in [0.5, 0.6) is 0 Å². The fourth-order valence-corrected chi connectivity index (χ4v) is 2.44. The predicted octanol–water partition coefficient (Wildman–Crippen LogP) is 4.86. The number of carbonyl (C=O) groups is 1. The number of hydrogen-bond acceptors (Lipinski definition) is 3. The van der Waals surface area contributed by atoms with E-state index in [-0.39, 0.29) is 11.9 Å². The summed E-state index contributed by atoms with van der Waals surface area (Å²) in [5.41, 5.74) is -0.484. The second-order valence-corrected chi connectivity index (χ2v) is 7.05. The molecular formula is C18H36O3. The van der Waals surface area contributed by atoms with Crippen LogP contribution < -0.4 is 0 Å². The summed E-state index contributed by atoms with van der Waals surface area (Å²) in [5.74, 6) is -0.598. The van der Waals surface area contributed by atoms with Crippen LogP contribution in [0.2, 0.25) is 0 Å². The average molecular weight is 300 g/mol. The molecule has 126 valence electrons. The minimum Gasteiger partial charge on any atom is -0.460 e. The Morgan fingerprint density at radius 1 is 0.952 bits per heavy atom. The van der Waals surface area contributed by atoms with Crippen molar-refractivity contribution in [2.75, 3.05) is 0 Å². The normalized spacial score (nSPS) is 14.8. The molecule has 1 N–H and O–H groups in total. The summed E-state index contributed by atoms with van der Waals surface area (Å²) in [5, 5.41) is 10.4. The zero-order valence-electron chi connectivity index (χ0n) is 14.8. The third kappa shape index (κ3) is 10.8. The SMILES string of the molecule is CCCCCC[C@@H](O)[C@H](CCCCC)C(=O)OC(C)(C)C. The molecule has 0 amide bonds. The quantitative estimate of drug-likeness (QED) is 0.438. The van der Waals surface area contributed by atoms with E-state index in [0.717, 1.165) is 38.5 Å². The molecule has 21 heavy (non-hydrogen) atoms. The lowest BCUT2D eigenvalue weighted by molar-refractivity contribution is -0.164. The first kappa shape index (κ1) is 20.4. The molecule has 0 spiro atoms. The molecule has 0 aromatic heterocycles. The molecule has 3 heteroatoms. The molecule has 0 aromatic rings. The van der Waals surface area contributed by atoms with Gasteiger partial charge >= 0.3 is 5.97 Å². The molecule has 0 unspecified atom stereocenters. The van der Waals surface area contributed by atoms with E-state index >= 15 is 0 Å². The zero-order valence-corrected chi connectivity index (χ0v) is 14.8. The number of unbranched alkanes of at least 4 members (excludes halogenated alkanes) is 5. The van der Waals surface area contributed by atoms with Gasteiger partial charge in [-0.2, -0.15) is 0 Å². The minimum atomic E-state index is -0.562. The summed E-state index contributed by atoms with van der Waals surface area (Å²) in [7, 11) is 0. The standard InChI is InChI=1S/C18H36O3/c1-6-8-10-12-14-16(19)15(13-11-9-7-2)17(20)21-18(3,4)5/h15-16,19H,6-14H2,1-5H3/t15-,16+/m0/s1. The summed E-state index contributed by atoms with van der Waals surface area (Å²) < 4.78 is 5.48. The highest BCUT2D eigenvalue weighted by atomic mass is 16.6. The van der Waals surface area contributed by atoms with Gasteiger partial charge in [0, 0.05) is 0 Å². The molecular weight excluding hydrogens is 264 g/mol. The van der Waals surface area contributed by atoms with E-state index in [1.807, 2.05) is 20.8 Å². The van der Waals surface area contributed by atoms with E-state index in [1.165, 1.54) is 12.8 Å². The highest BCUT2D eigenvalue weighted by Gasteiger charge is 2.30. The van der Waals surface area contributed by atoms with E-state index in [1.54, 1.807) is 0 Å². The van der Waals surface area contributed by atoms with E-state index in [9.17, 15) is 9.90 Å². The van der Waals surface area contributed by atoms with E-state index in [0.29, 0.717) is 6.42 Å². The summed E-state index contributed by atoms with van der Waals surface area (Å²) in [4.78, 5) is 12.3. The van der Waals surface area contributed by atoms with Gasteiger partial charge in [-0.15, -0.1) is 0 Å². The zero-order chi connectivity index (χ0) is 16.3. The Bertz CT molecular complexity index is 268. The van der Waals surface area contributed by atoms with Gasteiger partial charge in [-0.3, -0.25) is 4.79 Å². The maximum absolute atomic E-state index is 12.3. The molecule has 0 bridgehead atoms. The molecule has 0 rings (SSSR count). The second-order valence-electron chi connectivity index (χ2n) is 7.05. The number of aliphatic hydroxyl groups is 1. The van der Waals surface area contributed by atoms with Gasteiger partial charge in [0.2, 0.25) is 0 Å². The van der Waals surface area contributed by atoms with Crippen LogP contribution in [0.1, 0.15) is 92.4 Å². The van der Waals surface area contributed by atoms with Crippen molar-refractivity contribution in [1.29, 1.82) is 0 Å². The van der Waals surface area contributed by atoms with Gasteiger partial charge < -0.3 is 9.84 Å². The van der Waals surface area contributed by atoms with Gasteiger partial charge in [-0.1, -0.05) is 58.8 Å². The van der Waals surface area contributed by atoms with E-state index in [2.05, 4.69) is 13.8 Å². The molecule has 2 atom stereocenters. The molecule has 0 radical (unpaired) electrons. The summed E-state index contributed by atoms with van der Waals surface area (Å²) in [6, 6.07) is 0. The van der Waals surface area contributed by atoms with Crippen LogP contribution in [0, 0.1) is 5.92 Å². The van der Waals surface area contributed by atoms with Crippen molar-refractivity contribution in [2.45, 2.75) is 104 Å². The van der Waals surface area contributed by atoms with Crippen molar-refractivity contribution < 1.29 is 14.6 Å². The Morgan fingerprint density at radius 2 is 1.48 bits per heavy atom. The number of carbonyl (C=O) groups excluding carboxylic acids is 1. The average Bonchev–Trinajstić information content (AvgIpc) is 2.37. The van der Waals surface area contributed by atoms with Crippen LogP contribution in [0.25, 0.3) is 0 Å². The Hall–Kier alpha value is -0.570. The van der Waals surface area contributed by atoms with Crippen molar-refractivity contribution in [3.05, 3.63) is 0 Å². The van der Waals surface area contributed by atoms with Gasteiger partial charge in [0.1, 0.15) is 5.60 Å². The number of aliphatic hydroxyl groups excluding tert-OH is 1. The molecule has 3 nitrogen and oxygen atoms in total. The molecule has 0 saturated carbocycles. The topological polar surface area (TPSA) is 46.5 Å². The van der Waals surface area contributed by atoms with Crippen molar-refractivity contribution >= 4 is 5.97 Å². The largest absolute Gasteiger partial charge is 0.460 e. The minimum absolute atomic E-state index is 0.235. The summed E-state index contributed by atoms with van der Waals surface area (Å²) in [6.45, 7) is 9.94. The molecule has 0 aromatic carbocycles. The molecule has 0 saturated heterocycles. The first-order valence-corrected chi connectivity index (χ1v) is 8.72. The number of esters is 1. The van der Waals surface area contributed by atoms with Gasteiger partial charge in [0.05, 0.1) is 12.0 Å². The lowest BCUT2D eigenvalue weighted by Crippen LogP contribution is -2.35. The van der Waals surface area contributed by atoms with Gasteiger partial charge in [0.15, 0.2) is 0 Å². The van der Waals surface area contributed by atoms with Crippen molar-refractivity contribution in [2.24, 2.45) is 5.92 Å². The van der Waals surface area contributed by atoms with Crippen LogP contribution in [-0.4, -0.2) is 22.8 Å². The van der Waals surface area contributed by atoms with Gasteiger partial charge in [0.25, 0.3) is 0 Å². The molecule has 0 aliphatic carbocycles. The summed E-state index contributed by atoms with van der Waals surface area (Å²) >= 11 is 0. The first-order valence-electron chi connectivity index (χ1n) is 8.72. The smallest absolute Gasteiger partial charge is 0.312 e. The molecule has 0 aliphatic rings. The third-order valence-electron chi connectivity index (χ3n) is 3.65. The van der Waals surface area contributed by atoms with Crippen LogP contribution in [0.15, 0.2) is 0 Å². The van der Waals surface area contributed by atoms with Crippen molar-refractivity contribution in [3.63, 3.8) is 0 Å². The maximum Gasteiger partial charge on any atom is 0.312 e. The van der Waals surface area contributed by atoms with Gasteiger partial charge in [-0.05, 0) is 33.6 Å². The number of rotatable bonds is 11. The Labute approximate surface area is 131 Å². The highest BCUT2D eigenvalue weighted by molar-refractivity contribution is 5.73. The lowest BCUT2D eigenvalue weighted by atomic mass is 9.91.